The van der Waals surface area contributed by atoms with E-state index in [1.807, 2.05) is 43.3 Å². The average Bonchev–Trinajstić information content (AvgIpc) is 3.18. The number of allylic oxidation sites excluding steroid dienone is 4. The number of nitrogens with zero attached hydrogens (tertiary/aromatic N) is 2. The van der Waals surface area contributed by atoms with Gasteiger partial charge in [0.1, 0.15) is 5.78 Å². The predicted octanol–water partition coefficient (Wildman–Crippen LogP) is 6.54. The normalized spacial score (nSPS) is 17.7. The van der Waals surface area contributed by atoms with Crippen molar-refractivity contribution < 1.29 is 13.6 Å². The smallest absolute Gasteiger partial charge is 0.159 e. The highest BCUT2D eigenvalue weighted by Crippen LogP contribution is 2.28. The minimum absolute atomic E-state index is 0.0615. The molecule has 0 amide bonds. The number of hydrogen-bond acceptors (Lipinski definition) is 3. The summed E-state index contributed by atoms with van der Waals surface area (Å²) in [4.78, 5) is 12.5. The summed E-state index contributed by atoms with van der Waals surface area (Å²) in [5.41, 5.74) is 1.70. The Labute approximate surface area is 178 Å². The molecule has 2 rings (SSSR count). The number of hydrazone groups is 1. The Morgan fingerprint density at radius 1 is 1.37 bits per heavy atom. The van der Waals surface area contributed by atoms with Crippen molar-refractivity contribution in [2.24, 2.45) is 11.0 Å². The van der Waals surface area contributed by atoms with E-state index in [0.717, 1.165) is 44.0 Å². The minimum Gasteiger partial charge on any atom is -0.300 e. The summed E-state index contributed by atoms with van der Waals surface area (Å²) in [6.07, 6.45) is 13.8. The van der Waals surface area contributed by atoms with Gasteiger partial charge in [0.15, 0.2) is 11.6 Å². The van der Waals surface area contributed by atoms with Crippen molar-refractivity contribution in [2.45, 2.75) is 58.3 Å². The lowest BCUT2D eigenvalue weighted by atomic mass is 9.88. The zero-order valence-corrected chi connectivity index (χ0v) is 18.0. The summed E-state index contributed by atoms with van der Waals surface area (Å²) < 4.78 is 26.8. The van der Waals surface area contributed by atoms with Crippen LogP contribution < -0.4 is 0 Å². The van der Waals surface area contributed by atoms with E-state index in [1.165, 1.54) is 6.07 Å². The number of carbonyl (C=O) groups is 1. The first kappa shape index (κ1) is 23.7. The molecule has 0 saturated carbocycles. The molecule has 1 aromatic rings. The van der Waals surface area contributed by atoms with Crippen LogP contribution in [0.1, 0.15) is 63.9 Å². The van der Waals surface area contributed by atoms with E-state index in [9.17, 15) is 13.6 Å². The molecular formula is C25H32F2N2O. The van der Waals surface area contributed by atoms with Gasteiger partial charge in [0, 0.05) is 31.5 Å². The van der Waals surface area contributed by atoms with Gasteiger partial charge in [-0.1, -0.05) is 38.1 Å². The maximum Gasteiger partial charge on any atom is 0.159 e. The van der Waals surface area contributed by atoms with Gasteiger partial charge < -0.3 is 0 Å². The third kappa shape index (κ3) is 7.05. The lowest BCUT2D eigenvalue weighted by Gasteiger charge is -2.17. The van der Waals surface area contributed by atoms with E-state index in [2.05, 4.69) is 11.7 Å². The molecule has 3 nitrogen and oxygen atoms in total. The molecule has 30 heavy (non-hydrogen) atoms. The third-order valence-corrected chi connectivity index (χ3v) is 5.31. The zero-order chi connectivity index (χ0) is 21.9. The summed E-state index contributed by atoms with van der Waals surface area (Å²) in [6, 6.07) is 3.96. The predicted molar refractivity (Wildman–Crippen MR) is 119 cm³/mol. The van der Waals surface area contributed by atoms with Crippen LogP contribution in [0.15, 0.2) is 59.9 Å². The third-order valence-electron chi connectivity index (χ3n) is 5.31. The van der Waals surface area contributed by atoms with E-state index in [1.54, 1.807) is 12.1 Å². The Hall–Kier alpha value is -2.56. The summed E-state index contributed by atoms with van der Waals surface area (Å²) in [5, 5.41) is 6.42. The van der Waals surface area contributed by atoms with Crippen LogP contribution in [0.25, 0.3) is 0 Å². The number of ketones is 1. The fraction of sp³-hybridized carbons (Fsp3) is 0.440. The summed E-state index contributed by atoms with van der Waals surface area (Å²) >= 11 is 0. The van der Waals surface area contributed by atoms with Gasteiger partial charge in [0.05, 0.1) is 5.70 Å². The van der Waals surface area contributed by atoms with Crippen molar-refractivity contribution in [3.05, 3.63) is 72.0 Å². The molecule has 0 saturated heterocycles. The molecule has 1 heterocycles. The van der Waals surface area contributed by atoms with Gasteiger partial charge in [-0.3, -0.25) is 9.80 Å². The molecule has 0 aromatic heterocycles. The number of Topliss-reactive ketones (excluding diaryl/α,β-unsaturated/α-hetero) is 1. The van der Waals surface area contributed by atoms with Crippen LogP contribution in [-0.4, -0.2) is 23.6 Å². The fourth-order valence-corrected chi connectivity index (χ4v) is 3.79. The summed E-state index contributed by atoms with van der Waals surface area (Å²) in [5.74, 6) is -1.28. The number of halogens is 2. The fourth-order valence-electron chi connectivity index (χ4n) is 3.79. The molecule has 2 atom stereocenters. The highest BCUT2D eigenvalue weighted by atomic mass is 19.2. The highest BCUT2D eigenvalue weighted by molar-refractivity contribution is 5.79. The molecule has 0 spiro atoms. The van der Waals surface area contributed by atoms with Crippen LogP contribution in [0.3, 0.4) is 0 Å². The Bertz CT molecular complexity index is 813. The van der Waals surface area contributed by atoms with Crippen molar-refractivity contribution in [2.75, 3.05) is 6.54 Å². The van der Waals surface area contributed by atoms with E-state index in [4.69, 9.17) is 0 Å². The Morgan fingerprint density at radius 2 is 2.17 bits per heavy atom. The number of benzene rings is 1. The zero-order valence-electron chi connectivity index (χ0n) is 18.0. The van der Waals surface area contributed by atoms with Crippen molar-refractivity contribution in [1.82, 2.24) is 5.01 Å². The van der Waals surface area contributed by atoms with Crippen molar-refractivity contribution in [3.8, 4) is 0 Å². The Morgan fingerprint density at radius 3 is 2.83 bits per heavy atom. The van der Waals surface area contributed by atoms with E-state index in [0.29, 0.717) is 24.3 Å². The Balaban J connectivity index is 1.82. The second kappa shape index (κ2) is 12.2. The number of rotatable bonds is 12. The first-order valence-corrected chi connectivity index (χ1v) is 10.7. The van der Waals surface area contributed by atoms with E-state index < -0.39 is 11.6 Å². The molecule has 0 radical (unpaired) electrons. The molecule has 1 aliphatic heterocycles. The quantitative estimate of drug-likeness (QED) is 0.364. The molecule has 1 aromatic carbocycles. The monoisotopic (exact) mass is 414 g/mol. The number of carbonyl (C=O) groups excluding carboxylic acids is 1. The van der Waals surface area contributed by atoms with Crippen molar-refractivity contribution in [3.63, 3.8) is 0 Å². The molecular weight excluding hydrogens is 382 g/mol. The second-order valence-electron chi connectivity index (χ2n) is 7.73. The first-order valence-electron chi connectivity index (χ1n) is 10.7. The SMILES string of the molecule is C=C/C=C(\C=C/C)N1CC(CCCC(=O)CC(CCC)c2ccc(F)c(F)c2)C=N1. The number of hydrogen-bond donors (Lipinski definition) is 0. The molecule has 5 heteroatoms. The standard InChI is InChI=1S/C25H32F2N2O/c1-4-8-20(21-13-14-24(26)25(27)16-21)15-23(30)12-7-11-19-17-28-29(18-19)22(9-5-2)10-6-3/h5-6,9-10,13-14,16-17,19-20H,2,4,7-8,11-12,15,18H2,1,3H3/b10-6-,22-9+. The molecule has 2 unspecified atom stereocenters. The van der Waals surface area contributed by atoms with Crippen LogP contribution in [-0.2, 0) is 4.79 Å². The Kier molecular flexibility index (Phi) is 9.65. The van der Waals surface area contributed by atoms with Gasteiger partial charge >= 0.3 is 0 Å². The maximum absolute atomic E-state index is 13.6. The first-order chi connectivity index (χ1) is 14.5. The van der Waals surface area contributed by atoms with Crippen molar-refractivity contribution in [1.29, 1.82) is 0 Å². The van der Waals surface area contributed by atoms with Gasteiger partial charge in [-0.2, -0.15) is 5.10 Å². The molecule has 0 aliphatic carbocycles. The van der Waals surface area contributed by atoms with E-state index >= 15 is 0 Å². The van der Waals surface area contributed by atoms with Crippen LogP contribution >= 0.6 is 0 Å². The lowest BCUT2D eigenvalue weighted by Crippen LogP contribution is -2.17. The van der Waals surface area contributed by atoms with Crippen LogP contribution in [0, 0.1) is 17.6 Å². The average molecular weight is 415 g/mol. The molecule has 0 bridgehead atoms. The van der Waals surface area contributed by atoms with Crippen LogP contribution in [0.4, 0.5) is 8.78 Å². The van der Waals surface area contributed by atoms with Crippen LogP contribution in [0.5, 0.6) is 0 Å². The lowest BCUT2D eigenvalue weighted by molar-refractivity contribution is -0.119. The van der Waals surface area contributed by atoms with Gasteiger partial charge in [-0.15, -0.1) is 0 Å². The molecule has 1 aliphatic rings. The molecule has 162 valence electrons. The molecule has 0 N–H and O–H groups in total. The molecule has 0 fully saturated rings. The maximum atomic E-state index is 13.6. The van der Waals surface area contributed by atoms with Crippen LogP contribution in [0.2, 0.25) is 0 Å². The van der Waals surface area contributed by atoms with Gasteiger partial charge in [-0.05, 0) is 62.0 Å². The summed E-state index contributed by atoms with van der Waals surface area (Å²) in [7, 11) is 0. The topological polar surface area (TPSA) is 32.7 Å². The largest absolute Gasteiger partial charge is 0.300 e. The van der Waals surface area contributed by atoms with Gasteiger partial charge in [0.2, 0.25) is 0 Å². The second-order valence-corrected chi connectivity index (χ2v) is 7.73. The van der Waals surface area contributed by atoms with Crippen molar-refractivity contribution >= 4 is 12.0 Å². The summed E-state index contributed by atoms with van der Waals surface area (Å²) in [6.45, 7) is 8.54. The minimum atomic E-state index is -0.854. The van der Waals surface area contributed by atoms with E-state index in [-0.39, 0.29) is 11.7 Å². The highest BCUT2D eigenvalue weighted by Gasteiger charge is 2.21. The van der Waals surface area contributed by atoms with Gasteiger partial charge in [0.25, 0.3) is 0 Å². The van der Waals surface area contributed by atoms with Gasteiger partial charge in [-0.25, -0.2) is 8.78 Å².